The zero-order chi connectivity index (χ0) is 14.7. The van der Waals surface area contributed by atoms with E-state index in [0.29, 0.717) is 17.2 Å². The smallest absolute Gasteiger partial charge is 0.360 e. The van der Waals surface area contributed by atoms with Gasteiger partial charge in [0.1, 0.15) is 18.1 Å². The summed E-state index contributed by atoms with van der Waals surface area (Å²) in [4.78, 5) is 11.9. The van der Waals surface area contributed by atoms with Gasteiger partial charge >= 0.3 is 5.97 Å². The molecule has 2 aromatic heterocycles. The van der Waals surface area contributed by atoms with Crippen LogP contribution in [-0.4, -0.2) is 16.3 Å². The van der Waals surface area contributed by atoms with Crippen LogP contribution in [0.4, 0.5) is 0 Å². The molecule has 21 heavy (non-hydrogen) atoms. The van der Waals surface area contributed by atoms with Crippen molar-refractivity contribution in [1.29, 1.82) is 0 Å². The Labute approximate surface area is 120 Å². The fraction of sp³-hybridized carbons (Fsp3) is 0.133. The van der Waals surface area contributed by atoms with E-state index in [4.69, 9.17) is 13.8 Å². The van der Waals surface area contributed by atoms with Crippen LogP contribution in [0, 0.1) is 6.92 Å². The molecular formula is C15H12N2O4. The highest BCUT2D eigenvalue weighted by Crippen LogP contribution is 2.20. The molecule has 0 N–H and O–H groups in total. The summed E-state index contributed by atoms with van der Waals surface area (Å²) in [6, 6.07) is 12.6. The summed E-state index contributed by atoms with van der Waals surface area (Å²) in [5.74, 6) is 0.607. The summed E-state index contributed by atoms with van der Waals surface area (Å²) in [7, 11) is 0. The molecule has 0 saturated heterocycles. The first kappa shape index (κ1) is 13.1. The van der Waals surface area contributed by atoms with Crippen LogP contribution in [0.3, 0.4) is 0 Å². The maximum absolute atomic E-state index is 11.9. The lowest BCUT2D eigenvalue weighted by Gasteiger charge is -1.97. The van der Waals surface area contributed by atoms with Crippen LogP contribution < -0.4 is 0 Å². The van der Waals surface area contributed by atoms with Gasteiger partial charge in [0.2, 0.25) is 0 Å². The number of rotatable bonds is 4. The topological polar surface area (TPSA) is 78.4 Å². The molecule has 6 nitrogen and oxygen atoms in total. The minimum atomic E-state index is -0.568. The number of esters is 1. The Hall–Kier alpha value is -2.89. The highest BCUT2D eigenvalue weighted by atomic mass is 16.5. The number of carbonyl (C=O) groups is 1. The van der Waals surface area contributed by atoms with Gasteiger partial charge in [-0.3, -0.25) is 0 Å². The van der Waals surface area contributed by atoms with E-state index in [9.17, 15) is 4.79 Å². The van der Waals surface area contributed by atoms with Gasteiger partial charge in [0, 0.05) is 17.7 Å². The number of hydrogen-bond acceptors (Lipinski definition) is 6. The van der Waals surface area contributed by atoms with Crippen molar-refractivity contribution in [3.8, 4) is 11.3 Å². The van der Waals surface area contributed by atoms with E-state index in [1.54, 1.807) is 19.1 Å². The predicted molar refractivity (Wildman–Crippen MR) is 72.3 cm³/mol. The van der Waals surface area contributed by atoms with E-state index >= 15 is 0 Å². The molecule has 6 heteroatoms. The van der Waals surface area contributed by atoms with Crippen molar-refractivity contribution < 1.29 is 18.6 Å². The Morgan fingerprint density at radius 3 is 2.67 bits per heavy atom. The van der Waals surface area contributed by atoms with Crippen molar-refractivity contribution in [2.75, 3.05) is 0 Å². The maximum atomic E-state index is 11.9. The third kappa shape index (κ3) is 3.00. The molecular weight excluding hydrogens is 272 g/mol. The molecule has 0 aliphatic heterocycles. The van der Waals surface area contributed by atoms with Gasteiger partial charge in [-0.25, -0.2) is 4.79 Å². The van der Waals surface area contributed by atoms with Gasteiger partial charge in [-0.05, 0) is 6.92 Å². The molecule has 0 atom stereocenters. The molecule has 0 aliphatic carbocycles. The number of nitrogens with zero attached hydrogens (tertiary/aromatic N) is 2. The molecule has 0 spiro atoms. The molecule has 1 aromatic carbocycles. The van der Waals surface area contributed by atoms with Crippen molar-refractivity contribution >= 4 is 5.97 Å². The first-order chi connectivity index (χ1) is 10.2. The second kappa shape index (κ2) is 5.62. The number of aryl methyl sites for hydroxylation is 1. The third-order valence-electron chi connectivity index (χ3n) is 2.81. The molecule has 3 aromatic rings. The molecule has 3 rings (SSSR count). The van der Waals surface area contributed by atoms with Crippen LogP contribution in [-0.2, 0) is 11.3 Å². The van der Waals surface area contributed by atoms with E-state index in [-0.39, 0.29) is 12.3 Å². The maximum Gasteiger partial charge on any atom is 0.360 e. The second-order valence-corrected chi connectivity index (χ2v) is 4.45. The molecule has 106 valence electrons. The lowest BCUT2D eigenvalue weighted by atomic mass is 10.2. The number of ether oxygens (including phenoxy) is 1. The lowest BCUT2D eigenvalue weighted by molar-refractivity contribution is 0.0452. The van der Waals surface area contributed by atoms with Crippen molar-refractivity contribution in [2.45, 2.75) is 13.5 Å². The van der Waals surface area contributed by atoms with E-state index in [2.05, 4.69) is 10.3 Å². The van der Waals surface area contributed by atoms with Gasteiger partial charge in [0.05, 0.1) is 0 Å². The third-order valence-corrected chi connectivity index (χ3v) is 2.81. The van der Waals surface area contributed by atoms with E-state index in [1.165, 1.54) is 0 Å². The van der Waals surface area contributed by atoms with E-state index < -0.39 is 5.97 Å². The molecule has 0 unspecified atom stereocenters. The molecule has 0 radical (unpaired) electrons. The summed E-state index contributed by atoms with van der Waals surface area (Å²) in [6.07, 6.45) is 0. The number of carbonyl (C=O) groups excluding carboxylic acids is 1. The van der Waals surface area contributed by atoms with Crippen molar-refractivity contribution in [1.82, 2.24) is 10.3 Å². The fourth-order valence-corrected chi connectivity index (χ4v) is 1.81. The average molecular weight is 284 g/mol. The van der Waals surface area contributed by atoms with Crippen LogP contribution in [0.15, 0.2) is 51.5 Å². The second-order valence-electron chi connectivity index (χ2n) is 4.45. The van der Waals surface area contributed by atoms with E-state index in [0.717, 1.165) is 5.56 Å². The van der Waals surface area contributed by atoms with Gasteiger partial charge in [0.25, 0.3) is 0 Å². The Balaban J connectivity index is 1.67. The fourth-order valence-electron chi connectivity index (χ4n) is 1.81. The summed E-state index contributed by atoms with van der Waals surface area (Å²) in [5, 5.41) is 7.45. The largest absolute Gasteiger partial charge is 0.454 e. The highest BCUT2D eigenvalue weighted by Gasteiger charge is 2.15. The Morgan fingerprint density at radius 2 is 1.95 bits per heavy atom. The highest BCUT2D eigenvalue weighted by molar-refractivity contribution is 5.88. The zero-order valence-corrected chi connectivity index (χ0v) is 11.3. The zero-order valence-electron chi connectivity index (χ0n) is 11.3. The SMILES string of the molecule is Cc1cc(COC(=O)c2cc(-c3ccccc3)on2)no1. The number of aromatic nitrogens is 2. The molecule has 0 aliphatic rings. The van der Waals surface area contributed by atoms with Gasteiger partial charge in [-0.15, -0.1) is 0 Å². The normalized spacial score (nSPS) is 10.5. The van der Waals surface area contributed by atoms with Crippen LogP contribution >= 0.6 is 0 Å². The van der Waals surface area contributed by atoms with Crippen LogP contribution in [0.1, 0.15) is 21.9 Å². The van der Waals surface area contributed by atoms with Gasteiger partial charge in [-0.2, -0.15) is 0 Å². The van der Waals surface area contributed by atoms with Crippen molar-refractivity contribution in [3.63, 3.8) is 0 Å². The predicted octanol–water partition coefficient (Wildman–Crippen LogP) is 3.00. The molecule has 0 bridgehead atoms. The van der Waals surface area contributed by atoms with Crippen molar-refractivity contribution in [3.05, 3.63) is 59.6 Å². The average Bonchev–Trinajstić information content (AvgIpc) is 3.15. The standard InChI is InChI=1S/C15H12N2O4/c1-10-7-12(16-20-10)9-19-15(18)13-8-14(21-17-13)11-5-3-2-4-6-11/h2-8H,9H2,1H3. The first-order valence-electron chi connectivity index (χ1n) is 6.34. The van der Waals surface area contributed by atoms with Gasteiger partial charge < -0.3 is 13.8 Å². The molecule has 0 amide bonds. The quantitative estimate of drug-likeness (QED) is 0.685. The van der Waals surface area contributed by atoms with Crippen LogP contribution in [0.5, 0.6) is 0 Å². The Bertz CT molecular complexity index is 746. The first-order valence-corrected chi connectivity index (χ1v) is 6.34. The number of hydrogen-bond donors (Lipinski definition) is 0. The Morgan fingerprint density at radius 1 is 1.14 bits per heavy atom. The molecule has 2 heterocycles. The Kier molecular flexibility index (Phi) is 3.51. The summed E-state index contributed by atoms with van der Waals surface area (Å²) in [6.45, 7) is 1.80. The van der Waals surface area contributed by atoms with Crippen LogP contribution in [0.25, 0.3) is 11.3 Å². The van der Waals surface area contributed by atoms with Gasteiger partial charge in [-0.1, -0.05) is 40.6 Å². The minimum Gasteiger partial charge on any atom is -0.454 e. The summed E-state index contributed by atoms with van der Waals surface area (Å²) < 4.78 is 15.1. The van der Waals surface area contributed by atoms with Gasteiger partial charge in [0.15, 0.2) is 11.5 Å². The number of benzene rings is 1. The molecule has 0 fully saturated rings. The molecule has 0 saturated carbocycles. The van der Waals surface area contributed by atoms with E-state index in [1.807, 2.05) is 30.3 Å². The monoisotopic (exact) mass is 284 g/mol. The summed E-state index contributed by atoms with van der Waals surface area (Å²) >= 11 is 0. The lowest BCUT2D eigenvalue weighted by Crippen LogP contribution is -2.05. The minimum absolute atomic E-state index is 0.0315. The summed E-state index contributed by atoms with van der Waals surface area (Å²) in [5.41, 5.74) is 1.51. The van der Waals surface area contributed by atoms with Crippen LogP contribution in [0.2, 0.25) is 0 Å². The van der Waals surface area contributed by atoms with Crippen molar-refractivity contribution in [2.24, 2.45) is 0 Å².